The van der Waals surface area contributed by atoms with Gasteiger partial charge in [0.05, 0.1) is 30.5 Å². The van der Waals surface area contributed by atoms with Crippen molar-refractivity contribution in [2.75, 3.05) is 39.8 Å². The van der Waals surface area contributed by atoms with Gasteiger partial charge in [0.25, 0.3) is 11.7 Å². The Hall–Kier alpha value is -3.92. The van der Waals surface area contributed by atoms with E-state index in [1.165, 1.54) is 15.8 Å². The van der Waals surface area contributed by atoms with Crippen LogP contribution >= 0.6 is 0 Å². The average molecular weight is 934 g/mol. The van der Waals surface area contributed by atoms with Crippen LogP contribution in [0, 0.1) is 29.6 Å². The molecule has 4 aliphatic rings. The highest BCUT2D eigenvalue weighted by atomic mass is 16.7. The number of anilines is 1. The molecule has 1 amide bonds. The van der Waals surface area contributed by atoms with Crippen LogP contribution in [0.25, 0.3) is 10.9 Å². The normalized spacial score (nSPS) is 36.7. The predicted molar refractivity (Wildman–Crippen MR) is 257 cm³/mol. The summed E-state index contributed by atoms with van der Waals surface area (Å²) >= 11 is 0. The topological polar surface area (TPSA) is 166 Å². The van der Waals surface area contributed by atoms with Gasteiger partial charge in [0, 0.05) is 88.9 Å². The number of carbonyl (C=O) groups excluding carboxylic acids is 4. The van der Waals surface area contributed by atoms with Crippen molar-refractivity contribution in [3.8, 4) is 0 Å². The van der Waals surface area contributed by atoms with Crippen molar-refractivity contribution in [2.24, 2.45) is 36.6 Å². The standard InChI is InChI=1S/C53H79N3O11/c1-12-37-24-31(2)23-32(3)25-46(64-10)49-47(65-11)27-34(5)53(62,67-49)50(59)51(60)56-21-14-13-15-42(56)52(61)66-48(35(6)43(57)30-44(37)58)33(4)26-36-16-18-41(45(28-36)63-9)55(8)39-17-19-40-38(29-39)20-22-54(40)7/h17,19-20,22,24,26,29,32,34-37,41-43,45-49,57,62H,12-16,18,21,23,25,27-28,30H2,1-11H3/b31-24+,33-26?. The van der Waals surface area contributed by atoms with E-state index in [0.29, 0.717) is 38.5 Å². The number of ether oxygens (including phenoxy) is 5. The van der Waals surface area contributed by atoms with E-state index in [0.717, 1.165) is 29.7 Å². The fourth-order valence-corrected chi connectivity index (χ4v) is 11.5. The minimum absolute atomic E-state index is 0.0342. The summed E-state index contributed by atoms with van der Waals surface area (Å²) in [5.74, 6) is -7.37. The van der Waals surface area contributed by atoms with Gasteiger partial charge in [0.15, 0.2) is 0 Å². The molecule has 2 bridgehead atoms. The quantitative estimate of drug-likeness (QED) is 0.157. The number of cyclic esters (lactones) is 1. The van der Waals surface area contributed by atoms with E-state index in [4.69, 9.17) is 23.7 Å². The first kappa shape index (κ1) is 52.5. The molecular formula is C53H79N3O11. The summed E-state index contributed by atoms with van der Waals surface area (Å²) in [6.45, 7) is 11.4. The van der Waals surface area contributed by atoms with Crippen LogP contribution in [0.2, 0.25) is 0 Å². The smallest absolute Gasteiger partial charge is 0.329 e. The maximum atomic E-state index is 14.6. The molecule has 67 heavy (non-hydrogen) atoms. The molecule has 14 nitrogen and oxygen atoms in total. The van der Waals surface area contributed by atoms with Crippen LogP contribution in [0.15, 0.2) is 53.8 Å². The zero-order chi connectivity index (χ0) is 48.9. The molecule has 2 saturated heterocycles. The number of amides is 1. The SMILES string of the molecule is CCC1/C=C(\C)CC(C)CC(OC)C2OC(O)(C(=O)C(=O)N3CCCCC3C(=O)OC(C(C)=CC3CCC(N(C)c4ccc5c(ccn5C)c4)C(OC)C3)C(C)C(O)CC1=O)C(C)CC2OC. The number of nitrogens with zero attached hydrogens (tertiary/aromatic N) is 3. The number of hydrogen-bond donors (Lipinski definition) is 2. The molecule has 3 aliphatic heterocycles. The molecule has 2 aromatic rings. The number of aryl methyl sites for hydroxylation is 1. The summed E-state index contributed by atoms with van der Waals surface area (Å²) in [4.78, 5) is 60.9. The average Bonchev–Trinajstić information content (AvgIpc) is 3.69. The van der Waals surface area contributed by atoms with E-state index in [1.807, 2.05) is 33.9 Å². The molecule has 14 unspecified atom stereocenters. The van der Waals surface area contributed by atoms with Gasteiger partial charge in [0.2, 0.25) is 5.79 Å². The molecular weight excluding hydrogens is 855 g/mol. The Balaban J connectivity index is 1.31. The first-order valence-corrected chi connectivity index (χ1v) is 24.7. The number of aromatic nitrogens is 1. The number of ketones is 2. The minimum Gasteiger partial charge on any atom is -0.456 e. The summed E-state index contributed by atoms with van der Waals surface area (Å²) in [6.07, 6.45) is 7.43. The molecule has 4 heterocycles. The van der Waals surface area contributed by atoms with Gasteiger partial charge in [-0.2, -0.15) is 0 Å². The van der Waals surface area contributed by atoms with Crippen LogP contribution in [0.4, 0.5) is 5.69 Å². The number of fused-ring (bicyclic) bond motifs is 4. The third-order valence-corrected chi connectivity index (χ3v) is 15.7. The van der Waals surface area contributed by atoms with Gasteiger partial charge in [-0.1, -0.05) is 45.4 Å². The maximum Gasteiger partial charge on any atom is 0.329 e. The Morgan fingerprint density at radius 3 is 2.33 bits per heavy atom. The summed E-state index contributed by atoms with van der Waals surface area (Å²) in [5, 5.41) is 25.2. The van der Waals surface area contributed by atoms with Crippen LogP contribution in [0.1, 0.15) is 112 Å². The van der Waals surface area contributed by atoms with Gasteiger partial charge in [-0.15, -0.1) is 0 Å². The van der Waals surface area contributed by atoms with Crippen molar-refractivity contribution in [3.05, 3.63) is 53.8 Å². The van der Waals surface area contributed by atoms with Gasteiger partial charge in [-0.25, -0.2) is 4.79 Å². The van der Waals surface area contributed by atoms with E-state index in [9.17, 15) is 29.4 Å². The monoisotopic (exact) mass is 934 g/mol. The number of piperidine rings is 1. The van der Waals surface area contributed by atoms with Crippen molar-refractivity contribution in [2.45, 2.75) is 167 Å². The predicted octanol–water partition coefficient (Wildman–Crippen LogP) is 7.11. The highest BCUT2D eigenvalue weighted by Crippen LogP contribution is 2.40. The Labute approximate surface area is 398 Å². The Bertz CT molecular complexity index is 2120. The summed E-state index contributed by atoms with van der Waals surface area (Å²) in [7, 11) is 8.98. The second-order valence-electron chi connectivity index (χ2n) is 20.4. The Kier molecular flexibility index (Phi) is 17.7. The lowest BCUT2D eigenvalue weighted by molar-refractivity contribution is -0.302. The summed E-state index contributed by atoms with van der Waals surface area (Å²) < 4.78 is 32.8. The third kappa shape index (κ3) is 11.6. The van der Waals surface area contributed by atoms with Gasteiger partial charge in [-0.05, 0) is 120 Å². The number of rotatable bonds is 8. The number of aliphatic hydroxyl groups is 2. The molecule has 2 N–H and O–H groups in total. The number of methoxy groups -OCH3 is 3. The summed E-state index contributed by atoms with van der Waals surface area (Å²) in [5.41, 5.74) is 4.00. The fourth-order valence-electron chi connectivity index (χ4n) is 11.5. The maximum absolute atomic E-state index is 14.6. The minimum atomic E-state index is -2.50. The lowest BCUT2D eigenvalue weighted by Gasteiger charge is -2.47. The zero-order valence-electron chi connectivity index (χ0n) is 41.9. The van der Waals surface area contributed by atoms with Crippen molar-refractivity contribution in [1.29, 1.82) is 0 Å². The van der Waals surface area contributed by atoms with E-state index in [-0.39, 0.29) is 55.6 Å². The van der Waals surface area contributed by atoms with E-state index < -0.39 is 77.8 Å². The first-order chi connectivity index (χ1) is 31.8. The number of aliphatic hydroxyl groups excluding tert-OH is 1. The molecule has 14 heteroatoms. The van der Waals surface area contributed by atoms with Crippen LogP contribution in [-0.4, -0.2) is 133 Å². The van der Waals surface area contributed by atoms with E-state index >= 15 is 0 Å². The number of likely N-dealkylation sites (N-methyl/N-ethyl adjacent to an activating group) is 1. The van der Waals surface area contributed by atoms with Crippen molar-refractivity contribution in [3.63, 3.8) is 0 Å². The Morgan fingerprint density at radius 2 is 1.64 bits per heavy atom. The largest absolute Gasteiger partial charge is 0.456 e. The second kappa shape index (κ2) is 22.7. The number of benzene rings is 1. The van der Waals surface area contributed by atoms with Crippen LogP contribution in [-0.2, 0) is 49.9 Å². The molecule has 6 rings (SSSR count). The Morgan fingerprint density at radius 1 is 0.940 bits per heavy atom. The third-order valence-electron chi connectivity index (χ3n) is 15.7. The molecule has 3 fully saturated rings. The lowest BCUT2D eigenvalue weighted by atomic mass is 9.80. The number of Topliss-reactive ketones (excluding diaryl/α,β-unsaturated/α-hetero) is 2. The molecule has 14 atom stereocenters. The van der Waals surface area contributed by atoms with E-state index in [1.54, 1.807) is 35.2 Å². The highest BCUT2D eigenvalue weighted by molar-refractivity contribution is 6.39. The molecule has 1 aromatic heterocycles. The zero-order valence-corrected chi connectivity index (χ0v) is 41.9. The van der Waals surface area contributed by atoms with Crippen molar-refractivity contribution >= 4 is 40.0 Å². The molecule has 372 valence electrons. The molecule has 1 aromatic carbocycles. The summed E-state index contributed by atoms with van der Waals surface area (Å²) in [6, 6.07) is 7.61. The van der Waals surface area contributed by atoms with Crippen molar-refractivity contribution in [1.82, 2.24) is 9.47 Å². The molecule has 0 radical (unpaired) electrons. The molecule has 1 aliphatic carbocycles. The van der Waals surface area contributed by atoms with E-state index in [2.05, 4.69) is 60.0 Å². The van der Waals surface area contributed by atoms with Crippen LogP contribution < -0.4 is 4.90 Å². The first-order valence-electron chi connectivity index (χ1n) is 24.7. The van der Waals surface area contributed by atoms with Gasteiger partial charge in [0.1, 0.15) is 24.0 Å². The second-order valence-corrected chi connectivity index (χ2v) is 20.4. The molecule has 0 spiro atoms. The number of hydrogen-bond acceptors (Lipinski definition) is 12. The molecule has 1 saturated carbocycles. The van der Waals surface area contributed by atoms with Crippen LogP contribution in [0.5, 0.6) is 0 Å². The number of allylic oxidation sites excluding steroid dienone is 3. The van der Waals surface area contributed by atoms with Crippen LogP contribution in [0.3, 0.4) is 0 Å². The highest BCUT2D eigenvalue weighted by Gasteiger charge is 2.56. The van der Waals surface area contributed by atoms with Crippen molar-refractivity contribution < 1.29 is 53.1 Å². The number of carbonyl (C=O) groups is 4. The van der Waals surface area contributed by atoms with Gasteiger partial charge in [-0.3, -0.25) is 14.4 Å². The van der Waals surface area contributed by atoms with Gasteiger partial charge >= 0.3 is 5.97 Å². The fraction of sp³-hybridized carbons (Fsp3) is 0.698. The lowest BCUT2D eigenvalue weighted by Crippen LogP contribution is -2.64. The van der Waals surface area contributed by atoms with Gasteiger partial charge < -0.3 is 48.3 Å². The number of esters is 1.